The smallest absolute Gasteiger partial charge is 0.0142 e. The SMILES string of the molecule is C=c1cccc/c1=C/C(=C1/C=CC=CC1)c1cccc(C2=c3ccccc3=C(c3cccc(-c4cc5ccccc5c5c4CCC=C5)c3)C3CC=CC=C23)c1. The molecule has 0 N–H and O–H groups in total. The van der Waals surface area contributed by atoms with E-state index in [-0.39, 0.29) is 5.92 Å². The van der Waals surface area contributed by atoms with Crippen LogP contribution in [0.2, 0.25) is 0 Å². The van der Waals surface area contributed by atoms with Crippen LogP contribution in [0, 0.1) is 5.92 Å². The Morgan fingerprint density at radius 2 is 1.47 bits per heavy atom. The van der Waals surface area contributed by atoms with Gasteiger partial charge in [0, 0.05) is 5.92 Å². The molecule has 0 bridgehead atoms. The van der Waals surface area contributed by atoms with E-state index >= 15 is 0 Å². The minimum Gasteiger partial charge on any atom is -0.0912 e. The van der Waals surface area contributed by atoms with Gasteiger partial charge in [-0.15, -0.1) is 0 Å². The third kappa shape index (κ3) is 5.96. The summed E-state index contributed by atoms with van der Waals surface area (Å²) < 4.78 is 0. The summed E-state index contributed by atoms with van der Waals surface area (Å²) in [6, 6.07) is 47.4. The first kappa shape index (κ1) is 33.1. The number of hydrogen-bond donors (Lipinski definition) is 0. The molecule has 0 spiro atoms. The second-order valence-electron chi connectivity index (χ2n) is 15.1. The van der Waals surface area contributed by atoms with Gasteiger partial charge in [0.15, 0.2) is 0 Å². The quantitative estimate of drug-likeness (QED) is 0.168. The number of allylic oxidation sites excluding steroid dienone is 11. The third-order valence-corrected chi connectivity index (χ3v) is 11.9. The number of fused-ring (bicyclic) bond motifs is 5. The van der Waals surface area contributed by atoms with Crippen LogP contribution in [-0.2, 0) is 6.42 Å². The molecule has 4 aliphatic rings. The van der Waals surface area contributed by atoms with Crippen LogP contribution in [0.15, 0.2) is 187 Å². The van der Waals surface area contributed by atoms with Crippen molar-refractivity contribution >= 4 is 46.2 Å². The van der Waals surface area contributed by atoms with Crippen molar-refractivity contribution in [3.63, 3.8) is 0 Å². The molecule has 0 fully saturated rings. The summed E-state index contributed by atoms with van der Waals surface area (Å²) >= 11 is 0. The minimum atomic E-state index is 0.246. The highest BCUT2D eigenvalue weighted by Crippen LogP contribution is 2.43. The van der Waals surface area contributed by atoms with Crippen molar-refractivity contribution in [2.45, 2.75) is 25.7 Å². The molecule has 1 atom stereocenters. The molecule has 0 heterocycles. The van der Waals surface area contributed by atoms with Crippen molar-refractivity contribution in [3.8, 4) is 11.1 Å². The lowest BCUT2D eigenvalue weighted by Crippen LogP contribution is -2.37. The Morgan fingerprint density at radius 3 is 2.38 bits per heavy atom. The van der Waals surface area contributed by atoms with Crippen LogP contribution in [-0.4, -0.2) is 0 Å². The monoisotopic (exact) mass is 702 g/mol. The Hall–Kier alpha value is -6.50. The molecule has 0 saturated heterocycles. The van der Waals surface area contributed by atoms with Gasteiger partial charge in [-0.3, -0.25) is 0 Å². The van der Waals surface area contributed by atoms with Crippen LogP contribution < -0.4 is 20.9 Å². The van der Waals surface area contributed by atoms with Crippen molar-refractivity contribution in [1.82, 2.24) is 0 Å². The van der Waals surface area contributed by atoms with Gasteiger partial charge in [0.2, 0.25) is 0 Å². The zero-order valence-corrected chi connectivity index (χ0v) is 31.0. The molecule has 0 heteroatoms. The second-order valence-corrected chi connectivity index (χ2v) is 15.1. The predicted molar refractivity (Wildman–Crippen MR) is 235 cm³/mol. The van der Waals surface area contributed by atoms with E-state index in [2.05, 4.69) is 195 Å². The zero-order valence-electron chi connectivity index (χ0n) is 31.0. The first-order valence-electron chi connectivity index (χ1n) is 19.7. The summed E-state index contributed by atoms with van der Waals surface area (Å²) in [5.41, 5.74) is 16.0. The molecule has 4 aliphatic carbocycles. The summed E-state index contributed by atoms with van der Waals surface area (Å²) in [5, 5.41) is 7.46. The largest absolute Gasteiger partial charge is 0.0912 e. The van der Waals surface area contributed by atoms with Crippen molar-refractivity contribution in [2.75, 3.05) is 0 Å². The normalized spacial score (nSPS) is 18.2. The van der Waals surface area contributed by atoms with Gasteiger partial charge in [0.05, 0.1) is 0 Å². The van der Waals surface area contributed by atoms with Crippen LogP contribution >= 0.6 is 0 Å². The fraction of sp³-hybridized carbons (Fsp3) is 0.0909. The Bertz CT molecular complexity index is 2990. The number of hydrogen-bond acceptors (Lipinski definition) is 0. The van der Waals surface area contributed by atoms with Gasteiger partial charge in [0.25, 0.3) is 0 Å². The van der Waals surface area contributed by atoms with Crippen molar-refractivity contribution < 1.29 is 0 Å². The van der Waals surface area contributed by atoms with Crippen LogP contribution in [0.4, 0.5) is 0 Å². The highest BCUT2D eigenvalue weighted by molar-refractivity contribution is 5.98. The summed E-state index contributed by atoms with van der Waals surface area (Å²) in [6.45, 7) is 4.35. The van der Waals surface area contributed by atoms with Crippen LogP contribution in [0.3, 0.4) is 0 Å². The van der Waals surface area contributed by atoms with Gasteiger partial charge in [0.1, 0.15) is 0 Å². The van der Waals surface area contributed by atoms with Crippen molar-refractivity contribution in [3.05, 3.63) is 236 Å². The van der Waals surface area contributed by atoms with Gasteiger partial charge in [-0.05, 0) is 148 Å². The molecule has 0 nitrogen and oxygen atoms in total. The van der Waals surface area contributed by atoms with Gasteiger partial charge in [-0.2, -0.15) is 0 Å². The highest BCUT2D eigenvalue weighted by Gasteiger charge is 2.30. The summed E-state index contributed by atoms with van der Waals surface area (Å²) in [6.07, 6.45) is 26.8. The standard InChI is InChI=1S/C55H42/c1-37-17-5-6-20-39(37)35-52(38-18-3-2-4-19-38)40-22-15-24-43(33-40)54-48-29-11-13-31-50(48)55(51-32-14-12-30-49(51)54)44-25-16-23-41(34-44)53-36-42-21-7-8-26-45(42)46-27-9-10-28-47(46)53/h2-9,11-18,20-27,29-31,33-36,51H,1,10,19,28,32H2/b39-35-,52-38+. The Morgan fingerprint density at radius 1 is 0.655 bits per heavy atom. The first-order chi connectivity index (χ1) is 27.2. The summed E-state index contributed by atoms with van der Waals surface area (Å²) in [4.78, 5) is 0. The molecule has 55 heavy (non-hydrogen) atoms. The van der Waals surface area contributed by atoms with Crippen LogP contribution in [0.25, 0.3) is 57.3 Å². The molecular formula is C55H42. The van der Waals surface area contributed by atoms with Crippen molar-refractivity contribution in [1.29, 1.82) is 0 Å². The van der Waals surface area contributed by atoms with Crippen molar-refractivity contribution in [2.24, 2.45) is 5.92 Å². The fourth-order valence-corrected chi connectivity index (χ4v) is 9.28. The van der Waals surface area contributed by atoms with E-state index in [1.165, 1.54) is 88.0 Å². The lowest BCUT2D eigenvalue weighted by atomic mass is 9.72. The average Bonchev–Trinajstić information content (AvgIpc) is 3.25. The average molecular weight is 703 g/mol. The lowest BCUT2D eigenvalue weighted by Gasteiger charge is -2.31. The maximum Gasteiger partial charge on any atom is 0.0142 e. The van der Waals surface area contributed by atoms with E-state index < -0.39 is 0 Å². The molecule has 1 unspecified atom stereocenters. The summed E-state index contributed by atoms with van der Waals surface area (Å²) in [7, 11) is 0. The topological polar surface area (TPSA) is 0 Å². The molecule has 0 aliphatic heterocycles. The Kier molecular flexibility index (Phi) is 8.45. The number of benzene rings is 6. The second kappa shape index (κ2) is 14.0. The molecule has 6 aromatic rings. The Labute approximate surface area is 323 Å². The van der Waals surface area contributed by atoms with Gasteiger partial charge >= 0.3 is 0 Å². The molecular weight excluding hydrogens is 661 g/mol. The predicted octanol–water partition coefficient (Wildman–Crippen LogP) is 10.5. The van der Waals surface area contributed by atoms with E-state index in [9.17, 15) is 0 Å². The van der Waals surface area contributed by atoms with Gasteiger partial charge in [-0.25, -0.2) is 0 Å². The van der Waals surface area contributed by atoms with Gasteiger partial charge in [-0.1, -0.05) is 170 Å². The van der Waals surface area contributed by atoms with E-state index in [1.54, 1.807) is 0 Å². The molecule has 0 amide bonds. The third-order valence-electron chi connectivity index (χ3n) is 11.9. The van der Waals surface area contributed by atoms with E-state index in [0.29, 0.717) is 0 Å². The van der Waals surface area contributed by atoms with Crippen LogP contribution in [0.1, 0.15) is 47.1 Å². The minimum absolute atomic E-state index is 0.246. The molecule has 6 aromatic carbocycles. The van der Waals surface area contributed by atoms with E-state index in [4.69, 9.17) is 0 Å². The van der Waals surface area contributed by atoms with E-state index in [0.717, 1.165) is 36.1 Å². The summed E-state index contributed by atoms with van der Waals surface area (Å²) in [5.74, 6) is 0.246. The highest BCUT2D eigenvalue weighted by atomic mass is 14.3. The maximum atomic E-state index is 4.35. The Balaban J connectivity index is 1.18. The molecule has 10 rings (SSSR count). The first-order valence-corrected chi connectivity index (χ1v) is 19.7. The van der Waals surface area contributed by atoms with Crippen LogP contribution in [0.5, 0.6) is 0 Å². The number of rotatable bonds is 5. The zero-order chi connectivity index (χ0) is 36.7. The van der Waals surface area contributed by atoms with E-state index in [1.807, 2.05) is 0 Å². The lowest BCUT2D eigenvalue weighted by molar-refractivity contribution is 0.798. The molecule has 0 saturated carbocycles. The molecule has 0 aromatic heterocycles. The fourth-order valence-electron chi connectivity index (χ4n) is 9.28. The molecule has 0 radical (unpaired) electrons. The maximum absolute atomic E-state index is 4.35. The molecule has 262 valence electrons. The van der Waals surface area contributed by atoms with Gasteiger partial charge < -0.3 is 0 Å².